The minimum absolute atomic E-state index is 0.963. The van der Waals surface area contributed by atoms with E-state index in [-0.39, 0.29) is 0 Å². The Labute approximate surface area is 76.6 Å². The zero-order valence-corrected chi connectivity index (χ0v) is 7.63. The molecule has 0 spiro atoms. The molecule has 0 radical (unpaired) electrons. The molecule has 0 aliphatic rings. The Morgan fingerprint density at radius 2 is 1.85 bits per heavy atom. The van der Waals surface area contributed by atoms with Crippen LogP contribution in [-0.2, 0) is 14.0 Å². The van der Waals surface area contributed by atoms with E-state index < -0.39 is 34.2 Å². The van der Waals surface area contributed by atoms with Gasteiger partial charge < -0.3 is 0 Å². The third kappa shape index (κ3) is 9.41. The van der Waals surface area contributed by atoms with Crippen molar-refractivity contribution >= 4 is 25.8 Å². The fraction of sp³-hybridized carbons (Fsp3) is 0.750. The second kappa shape index (κ2) is 4.14. The average Bonchev–Trinajstić information content (AvgIpc) is 1.78. The largest absolute Gasteiger partial charge is 0.389 e. The highest BCUT2D eigenvalue weighted by molar-refractivity contribution is 8.12. The van der Waals surface area contributed by atoms with Gasteiger partial charge in [-0.05, 0) is 0 Å². The standard InChI is InChI=1S/C4H5ClF3NO3S/c5-13(11,12)9-3(10)1-2-4(6,7)8/h1-2H2,(H,9,10). The molecule has 0 aliphatic carbocycles. The molecule has 1 N–H and O–H groups in total. The number of amides is 1. The lowest BCUT2D eigenvalue weighted by Gasteiger charge is -2.04. The van der Waals surface area contributed by atoms with Crippen LogP contribution in [0.5, 0.6) is 0 Å². The van der Waals surface area contributed by atoms with Gasteiger partial charge in [-0.2, -0.15) is 21.6 Å². The molecule has 1 amide bonds. The quantitative estimate of drug-likeness (QED) is 0.745. The van der Waals surface area contributed by atoms with Crippen LogP contribution < -0.4 is 4.72 Å². The Hall–Kier alpha value is -0.500. The SMILES string of the molecule is O=C(CCC(F)(F)F)NS(=O)(=O)Cl. The number of hydrogen-bond acceptors (Lipinski definition) is 3. The van der Waals surface area contributed by atoms with E-state index in [0.29, 0.717) is 0 Å². The summed E-state index contributed by atoms with van der Waals surface area (Å²) in [6.07, 6.45) is -6.84. The van der Waals surface area contributed by atoms with E-state index in [2.05, 4.69) is 10.7 Å². The van der Waals surface area contributed by atoms with Crippen molar-refractivity contribution in [2.45, 2.75) is 19.0 Å². The number of carbonyl (C=O) groups is 1. The monoisotopic (exact) mass is 239 g/mol. The topological polar surface area (TPSA) is 63.2 Å². The van der Waals surface area contributed by atoms with Crippen molar-refractivity contribution in [3.8, 4) is 0 Å². The third-order valence-electron chi connectivity index (χ3n) is 0.871. The molecular formula is C4H5ClF3NO3S. The molecule has 9 heteroatoms. The molecule has 0 saturated heterocycles. The predicted octanol–water partition coefficient (Wildman–Crippen LogP) is 0.929. The zero-order chi connectivity index (χ0) is 10.7. The first-order valence-electron chi connectivity index (χ1n) is 2.92. The second-order valence-corrected chi connectivity index (χ2v) is 4.38. The summed E-state index contributed by atoms with van der Waals surface area (Å²) in [5.41, 5.74) is 0. The van der Waals surface area contributed by atoms with E-state index >= 15 is 0 Å². The number of rotatable bonds is 3. The van der Waals surface area contributed by atoms with Gasteiger partial charge in [-0.25, -0.2) is 4.72 Å². The van der Waals surface area contributed by atoms with Crippen molar-refractivity contribution in [2.24, 2.45) is 0 Å². The molecule has 0 aromatic rings. The molecule has 0 aliphatic heterocycles. The van der Waals surface area contributed by atoms with Gasteiger partial charge in [-0.15, -0.1) is 0 Å². The molecule has 0 bridgehead atoms. The van der Waals surface area contributed by atoms with Gasteiger partial charge in [0.05, 0.1) is 6.42 Å². The minimum atomic E-state index is -4.49. The second-order valence-electron chi connectivity index (χ2n) is 2.08. The maximum absolute atomic E-state index is 11.5. The van der Waals surface area contributed by atoms with Crippen LogP contribution in [0.3, 0.4) is 0 Å². The van der Waals surface area contributed by atoms with Crippen LogP contribution in [-0.4, -0.2) is 20.5 Å². The van der Waals surface area contributed by atoms with Crippen LogP contribution in [0.15, 0.2) is 0 Å². The zero-order valence-electron chi connectivity index (χ0n) is 6.06. The van der Waals surface area contributed by atoms with Crippen LogP contribution in [0, 0.1) is 0 Å². The Morgan fingerprint density at radius 1 is 1.38 bits per heavy atom. The first kappa shape index (κ1) is 12.5. The van der Waals surface area contributed by atoms with E-state index in [1.54, 1.807) is 0 Å². The molecule has 0 unspecified atom stereocenters. The van der Waals surface area contributed by atoms with Crippen molar-refractivity contribution in [3.63, 3.8) is 0 Å². The van der Waals surface area contributed by atoms with Gasteiger partial charge in [0.2, 0.25) is 5.91 Å². The molecule has 0 aromatic heterocycles. The highest BCUT2D eigenvalue weighted by Crippen LogP contribution is 2.21. The highest BCUT2D eigenvalue weighted by Gasteiger charge is 2.28. The van der Waals surface area contributed by atoms with Crippen LogP contribution in [0.2, 0.25) is 0 Å². The molecule has 0 aromatic carbocycles. The molecule has 13 heavy (non-hydrogen) atoms. The van der Waals surface area contributed by atoms with Crippen molar-refractivity contribution in [3.05, 3.63) is 0 Å². The summed E-state index contributed by atoms with van der Waals surface area (Å²) in [4.78, 5) is 10.4. The van der Waals surface area contributed by atoms with E-state index in [4.69, 9.17) is 0 Å². The van der Waals surface area contributed by atoms with Gasteiger partial charge in [0.15, 0.2) is 0 Å². The lowest BCUT2D eigenvalue weighted by molar-refractivity contribution is -0.143. The Bertz CT molecular complexity index is 285. The Balaban J connectivity index is 3.92. The Morgan fingerprint density at radius 3 is 2.15 bits per heavy atom. The molecule has 4 nitrogen and oxygen atoms in total. The summed E-state index contributed by atoms with van der Waals surface area (Å²) >= 11 is 0. The first-order chi connectivity index (χ1) is 5.60. The van der Waals surface area contributed by atoms with Crippen molar-refractivity contribution < 1.29 is 26.4 Å². The van der Waals surface area contributed by atoms with Crippen molar-refractivity contribution in [1.29, 1.82) is 0 Å². The maximum Gasteiger partial charge on any atom is 0.389 e. The minimum Gasteiger partial charge on any atom is -0.274 e. The number of carbonyl (C=O) groups excluding carboxylic acids is 1. The summed E-state index contributed by atoms with van der Waals surface area (Å²) in [6, 6.07) is 0. The summed E-state index contributed by atoms with van der Waals surface area (Å²) < 4.78 is 55.9. The van der Waals surface area contributed by atoms with E-state index in [1.165, 1.54) is 4.72 Å². The van der Waals surface area contributed by atoms with Crippen molar-refractivity contribution in [1.82, 2.24) is 4.72 Å². The van der Waals surface area contributed by atoms with Gasteiger partial charge >= 0.3 is 15.4 Å². The van der Waals surface area contributed by atoms with Gasteiger partial charge in [0.1, 0.15) is 0 Å². The van der Waals surface area contributed by atoms with E-state index in [1.807, 2.05) is 0 Å². The van der Waals surface area contributed by atoms with Gasteiger partial charge in [-0.3, -0.25) is 4.79 Å². The normalized spacial score (nSPS) is 12.6. The van der Waals surface area contributed by atoms with Crippen molar-refractivity contribution in [2.75, 3.05) is 0 Å². The predicted molar refractivity (Wildman–Crippen MR) is 38.2 cm³/mol. The summed E-state index contributed by atoms with van der Waals surface area (Å²) in [5.74, 6) is -1.28. The number of hydrogen-bond donors (Lipinski definition) is 1. The van der Waals surface area contributed by atoms with Gasteiger partial charge in [0.25, 0.3) is 0 Å². The highest BCUT2D eigenvalue weighted by atomic mass is 35.7. The fourth-order valence-electron chi connectivity index (χ4n) is 0.442. The molecule has 0 saturated carbocycles. The lowest BCUT2D eigenvalue weighted by Crippen LogP contribution is -2.27. The van der Waals surface area contributed by atoms with Crippen LogP contribution in [0.1, 0.15) is 12.8 Å². The number of alkyl halides is 3. The smallest absolute Gasteiger partial charge is 0.274 e. The average molecular weight is 240 g/mol. The molecule has 0 heterocycles. The van der Waals surface area contributed by atoms with Gasteiger partial charge in [0, 0.05) is 17.1 Å². The number of halogens is 4. The van der Waals surface area contributed by atoms with Gasteiger partial charge in [-0.1, -0.05) is 0 Å². The third-order valence-corrected chi connectivity index (χ3v) is 1.57. The molecule has 0 atom stereocenters. The number of nitrogens with one attached hydrogen (secondary N) is 1. The molecule has 0 fully saturated rings. The maximum atomic E-state index is 11.5. The van der Waals surface area contributed by atoms with E-state index in [9.17, 15) is 26.4 Å². The Kier molecular flexibility index (Phi) is 3.98. The summed E-state index contributed by atoms with van der Waals surface area (Å²) in [7, 11) is 0.251. The molecule has 0 rings (SSSR count). The fourth-order valence-corrected chi connectivity index (χ4v) is 1.07. The van der Waals surface area contributed by atoms with E-state index in [0.717, 1.165) is 0 Å². The summed E-state index contributed by atoms with van der Waals surface area (Å²) in [5, 5.41) is 0. The first-order valence-corrected chi connectivity index (χ1v) is 5.23. The summed E-state index contributed by atoms with van der Waals surface area (Å²) in [6.45, 7) is 0. The van der Waals surface area contributed by atoms with Crippen LogP contribution in [0.25, 0.3) is 0 Å². The molecule has 78 valence electrons. The lowest BCUT2D eigenvalue weighted by atomic mass is 10.3. The molecular weight excluding hydrogens is 235 g/mol. The van der Waals surface area contributed by atoms with Crippen LogP contribution in [0.4, 0.5) is 13.2 Å². The van der Waals surface area contributed by atoms with Crippen LogP contribution >= 0.6 is 10.7 Å².